The number of carbonyl (C=O) groups excluding carboxylic acids is 2. The molecular formula is C27H34N4O5S. The second kappa shape index (κ2) is 12.4. The molecule has 0 aromatic heterocycles. The van der Waals surface area contributed by atoms with Crippen LogP contribution in [0, 0.1) is 0 Å². The van der Waals surface area contributed by atoms with Crippen molar-refractivity contribution in [1.29, 1.82) is 0 Å². The fourth-order valence-corrected chi connectivity index (χ4v) is 5.27. The zero-order valence-electron chi connectivity index (χ0n) is 21.2. The minimum absolute atomic E-state index is 0.117. The van der Waals surface area contributed by atoms with Gasteiger partial charge in [0.05, 0.1) is 25.2 Å². The molecule has 0 N–H and O–H groups in total. The van der Waals surface area contributed by atoms with Crippen molar-refractivity contribution in [2.24, 2.45) is 0 Å². The van der Waals surface area contributed by atoms with Crippen LogP contribution in [-0.4, -0.2) is 107 Å². The number of morpholine rings is 1. The first-order valence-corrected chi connectivity index (χ1v) is 14.3. The molecule has 0 aliphatic carbocycles. The van der Waals surface area contributed by atoms with Gasteiger partial charge in [0.25, 0.3) is 5.91 Å². The highest BCUT2D eigenvalue weighted by atomic mass is 32.2. The van der Waals surface area contributed by atoms with Gasteiger partial charge < -0.3 is 14.5 Å². The van der Waals surface area contributed by atoms with E-state index in [1.54, 1.807) is 34.1 Å². The van der Waals surface area contributed by atoms with Crippen molar-refractivity contribution in [2.75, 3.05) is 76.1 Å². The molecule has 2 heterocycles. The molecule has 9 nitrogen and oxygen atoms in total. The van der Waals surface area contributed by atoms with Gasteiger partial charge in [-0.15, -0.1) is 0 Å². The second-order valence-electron chi connectivity index (χ2n) is 9.22. The normalized spacial score (nSPS) is 17.2. The Morgan fingerprint density at radius 3 is 2.16 bits per heavy atom. The maximum Gasteiger partial charge on any atom is 0.254 e. The zero-order valence-corrected chi connectivity index (χ0v) is 22.0. The lowest BCUT2D eigenvalue weighted by atomic mass is 10.1. The van der Waals surface area contributed by atoms with E-state index in [4.69, 9.17) is 4.74 Å². The second-order valence-corrected chi connectivity index (χ2v) is 11.1. The SMILES string of the molecule is CS(=O)(=O)N(CC(=O)N1CCN(C/C=C/c2ccccc2)CC1)c1ccc(C(=O)N2CCOCC2)cc1. The molecule has 198 valence electrons. The number of hydrogen-bond acceptors (Lipinski definition) is 6. The fourth-order valence-electron chi connectivity index (χ4n) is 4.42. The van der Waals surface area contributed by atoms with Crippen molar-refractivity contribution in [1.82, 2.24) is 14.7 Å². The van der Waals surface area contributed by atoms with Gasteiger partial charge in [-0.3, -0.25) is 18.8 Å². The molecule has 2 fully saturated rings. The molecule has 2 aromatic carbocycles. The summed E-state index contributed by atoms with van der Waals surface area (Å²) in [5, 5.41) is 0. The topological polar surface area (TPSA) is 90.5 Å². The van der Waals surface area contributed by atoms with E-state index in [1.165, 1.54) is 0 Å². The van der Waals surface area contributed by atoms with Crippen LogP contribution in [0.25, 0.3) is 6.08 Å². The van der Waals surface area contributed by atoms with Gasteiger partial charge in [-0.05, 0) is 29.8 Å². The van der Waals surface area contributed by atoms with E-state index >= 15 is 0 Å². The summed E-state index contributed by atoms with van der Waals surface area (Å²) in [7, 11) is -3.70. The van der Waals surface area contributed by atoms with Crippen LogP contribution in [0.15, 0.2) is 60.7 Å². The van der Waals surface area contributed by atoms with Crippen LogP contribution in [0.3, 0.4) is 0 Å². The van der Waals surface area contributed by atoms with E-state index in [0.717, 1.165) is 35.8 Å². The molecule has 0 atom stereocenters. The number of sulfonamides is 1. The number of ether oxygens (including phenoxy) is 1. The van der Waals surface area contributed by atoms with Crippen molar-refractivity contribution in [3.63, 3.8) is 0 Å². The monoisotopic (exact) mass is 526 g/mol. The Bertz CT molecular complexity index is 1190. The molecule has 0 radical (unpaired) electrons. The highest BCUT2D eigenvalue weighted by molar-refractivity contribution is 7.92. The standard InChI is InChI=1S/C27H34N4O5S/c1-37(34,35)31(25-11-9-24(10-12-25)27(33)30-18-20-36-21-19-30)22-26(32)29-16-14-28(15-17-29)13-5-8-23-6-3-2-4-7-23/h2-12H,13-22H2,1H3/b8-5+. The smallest absolute Gasteiger partial charge is 0.254 e. The first kappa shape index (κ1) is 26.8. The minimum atomic E-state index is -3.70. The highest BCUT2D eigenvalue weighted by Crippen LogP contribution is 2.20. The van der Waals surface area contributed by atoms with E-state index in [0.29, 0.717) is 50.6 Å². The van der Waals surface area contributed by atoms with E-state index in [-0.39, 0.29) is 18.4 Å². The van der Waals surface area contributed by atoms with Gasteiger partial charge in [0, 0.05) is 51.4 Å². The van der Waals surface area contributed by atoms with E-state index in [9.17, 15) is 18.0 Å². The predicted molar refractivity (Wildman–Crippen MR) is 144 cm³/mol. The number of rotatable bonds is 8. The molecule has 0 spiro atoms. The van der Waals surface area contributed by atoms with Crippen molar-refractivity contribution < 1.29 is 22.7 Å². The summed E-state index contributed by atoms with van der Waals surface area (Å²) in [5.74, 6) is -0.355. The third-order valence-corrected chi connectivity index (χ3v) is 7.72. The van der Waals surface area contributed by atoms with Crippen LogP contribution in [0.2, 0.25) is 0 Å². The summed E-state index contributed by atoms with van der Waals surface area (Å²) in [6.45, 7) is 5.13. The van der Waals surface area contributed by atoms with Gasteiger partial charge in [-0.25, -0.2) is 8.42 Å². The summed E-state index contributed by atoms with van der Waals surface area (Å²) < 4.78 is 31.5. The molecule has 2 aromatic rings. The Kier molecular flexibility index (Phi) is 8.96. The molecular weight excluding hydrogens is 492 g/mol. The van der Waals surface area contributed by atoms with Gasteiger partial charge in [-0.2, -0.15) is 0 Å². The van der Waals surface area contributed by atoms with Gasteiger partial charge in [0.1, 0.15) is 6.54 Å². The number of anilines is 1. The van der Waals surface area contributed by atoms with Crippen molar-refractivity contribution in [3.8, 4) is 0 Å². The molecule has 0 bridgehead atoms. The Labute approximate surface area is 218 Å². The Morgan fingerprint density at radius 2 is 1.54 bits per heavy atom. The average molecular weight is 527 g/mol. The lowest BCUT2D eigenvalue weighted by molar-refractivity contribution is -0.131. The number of amides is 2. The van der Waals surface area contributed by atoms with Gasteiger partial charge in [0.15, 0.2) is 0 Å². The first-order chi connectivity index (χ1) is 17.8. The minimum Gasteiger partial charge on any atom is -0.378 e. The molecule has 2 aliphatic heterocycles. The van der Waals surface area contributed by atoms with Crippen molar-refractivity contribution in [2.45, 2.75) is 0 Å². The quantitative estimate of drug-likeness (QED) is 0.521. The predicted octanol–water partition coefficient (Wildman–Crippen LogP) is 1.78. The van der Waals surface area contributed by atoms with Crippen LogP contribution in [0.4, 0.5) is 5.69 Å². The van der Waals surface area contributed by atoms with Crippen LogP contribution in [0.1, 0.15) is 15.9 Å². The van der Waals surface area contributed by atoms with Gasteiger partial charge in [-0.1, -0.05) is 42.5 Å². The molecule has 2 saturated heterocycles. The Morgan fingerprint density at radius 1 is 0.892 bits per heavy atom. The summed E-state index contributed by atoms with van der Waals surface area (Å²) >= 11 is 0. The third-order valence-electron chi connectivity index (χ3n) is 6.58. The average Bonchev–Trinajstić information content (AvgIpc) is 2.92. The summed E-state index contributed by atoms with van der Waals surface area (Å²) in [5.41, 5.74) is 1.98. The molecule has 37 heavy (non-hydrogen) atoms. The molecule has 4 rings (SSSR count). The number of nitrogens with zero attached hydrogens (tertiary/aromatic N) is 4. The number of benzene rings is 2. The van der Waals surface area contributed by atoms with Crippen molar-refractivity contribution >= 4 is 33.6 Å². The largest absolute Gasteiger partial charge is 0.378 e. The summed E-state index contributed by atoms with van der Waals surface area (Å²) in [6, 6.07) is 16.5. The number of piperazine rings is 1. The fraction of sp³-hybridized carbons (Fsp3) is 0.407. The van der Waals surface area contributed by atoms with Crippen LogP contribution < -0.4 is 4.31 Å². The lowest BCUT2D eigenvalue weighted by Crippen LogP contribution is -2.51. The Balaban J connectivity index is 1.32. The molecule has 2 amide bonds. The van der Waals surface area contributed by atoms with Crippen LogP contribution in [-0.2, 0) is 19.6 Å². The van der Waals surface area contributed by atoms with E-state index < -0.39 is 10.0 Å². The van der Waals surface area contributed by atoms with Gasteiger partial charge in [0.2, 0.25) is 15.9 Å². The van der Waals surface area contributed by atoms with Crippen LogP contribution >= 0.6 is 0 Å². The lowest BCUT2D eigenvalue weighted by Gasteiger charge is -2.35. The van der Waals surface area contributed by atoms with E-state index in [1.807, 2.05) is 18.2 Å². The van der Waals surface area contributed by atoms with Gasteiger partial charge >= 0.3 is 0 Å². The Hall–Kier alpha value is -3.21. The van der Waals surface area contributed by atoms with E-state index in [2.05, 4.69) is 29.2 Å². The maximum absolute atomic E-state index is 13.0. The summed E-state index contributed by atoms with van der Waals surface area (Å²) in [6.07, 6.45) is 5.29. The molecule has 10 heteroatoms. The first-order valence-electron chi connectivity index (χ1n) is 12.5. The number of hydrogen-bond donors (Lipinski definition) is 0. The maximum atomic E-state index is 13.0. The molecule has 0 saturated carbocycles. The van der Waals surface area contributed by atoms with Crippen LogP contribution in [0.5, 0.6) is 0 Å². The summed E-state index contributed by atoms with van der Waals surface area (Å²) in [4.78, 5) is 31.4. The number of carbonyl (C=O) groups is 2. The van der Waals surface area contributed by atoms with Crippen molar-refractivity contribution in [3.05, 3.63) is 71.8 Å². The molecule has 0 unspecified atom stereocenters. The third kappa shape index (κ3) is 7.41. The molecule has 2 aliphatic rings. The highest BCUT2D eigenvalue weighted by Gasteiger charge is 2.27. The zero-order chi connectivity index (χ0) is 26.3.